The first-order valence-corrected chi connectivity index (χ1v) is 8.13. The van der Waals surface area contributed by atoms with E-state index in [1.54, 1.807) is 0 Å². The number of hydrazone groups is 1. The Morgan fingerprint density at radius 1 is 1.37 bits per heavy atom. The van der Waals surface area contributed by atoms with Gasteiger partial charge in [-0.15, -0.1) is 0 Å². The zero-order chi connectivity index (χ0) is 19.6. The van der Waals surface area contributed by atoms with Crippen molar-refractivity contribution in [2.45, 2.75) is 13.0 Å². The zero-order valence-electron chi connectivity index (χ0n) is 14.4. The SMILES string of the molecule is CC(=O)NC[C@H]1CN(c2cc(F)c(N3C=NN(C=O)CC3)c(F)c2)C(=O)O1. The summed E-state index contributed by atoms with van der Waals surface area (Å²) in [4.78, 5) is 35.9. The first kappa shape index (κ1) is 18.5. The van der Waals surface area contributed by atoms with Crippen molar-refractivity contribution in [2.75, 3.05) is 36.0 Å². The Bertz CT molecular complexity index is 780. The van der Waals surface area contributed by atoms with E-state index < -0.39 is 23.8 Å². The van der Waals surface area contributed by atoms with Crippen LogP contribution >= 0.6 is 0 Å². The van der Waals surface area contributed by atoms with E-state index in [2.05, 4.69) is 10.4 Å². The molecule has 0 radical (unpaired) electrons. The molecule has 11 heteroatoms. The van der Waals surface area contributed by atoms with Gasteiger partial charge in [-0.2, -0.15) is 5.10 Å². The highest BCUT2D eigenvalue weighted by atomic mass is 19.1. The van der Waals surface area contributed by atoms with E-state index in [9.17, 15) is 23.2 Å². The number of cyclic esters (lactones) is 1. The van der Waals surface area contributed by atoms with E-state index in [-0.39, 0.29) is 43.5 Å². The predicted molar refractivity (Wildman–Crippen MR) is 91.3 cm³/mol. The van der Waals surface area contributed by atoms with Gasteiger partial charge in [-0.1, -0.05) is 0 Å². The van der Waals surface area contributed by atoms with Crippen LogP contribution in [0.4, 0.5) is 25.0 Å². The Kier molecular flexibility index (Phi) is 5.19. The number of ether oxygens (including phenoxy) is 1. The minimum absolute atomic E-state index is 0.00698. The van der Waals surface area contributed by atoms with Gasteiger partial charge in [-0.25, -0.2) is 18.6 Å². The highest BCUT2D eigenvalue weighted by Gasteiger charge is 2.33. The number of nitrogens with one attached hydrogen (secondary N) is 1. The van der Waals surface area contributed by atoms with Crippen molar-refractivity contribution in [3.8, 4) is 0 Å². The molecule has 1 fully saturated rings. The molecule has 0 aromatic heterocycles. The molecule has 0 saturated carbocycles. The third-order valence-corrected chi connectivity index (χ3v) is 4.08. The van der Waals surface area contributed by atoms with Crippen LogP contribution in [0.15, 0.2) is 17.2 Å². The summed E-state index contributed by atoms with van der Waals surface area (Å²) in [6.45, 7) is 1.84. The smallest absolute Gasteiger partial charge is 0.414 e. The van der Waals surface area contributed by atoms with Gasteiger partial charge in [-0.05, 0) is 0 Å². The molecule has 3 amide bonds. The van der Waals surface area contributed by atoms with Crippen molar-refractivity contribution >= 4 is 36.1 Å². The van der Waals surface area contributed by atoms with Gasteiger partial charge in [0.25, 0.3) is 0 Å². The van der Waals surface area contributed by atoms with Crippen LogP contribution in [0.3, 0.4) is 0 Å². The van der Waals surface area contributed by atoms with Crippen LogP contribution in [0, 0.1) is 11.6 Å². The zero-order valence-corrected chi connectivity index (χ0v) is 14.4. The van der Waals surface area contributed by atoms with Gasteiger partial charge in [0.1, 0.15) is 18.1 Å². The normalized spacial score (nSPS) is 19.3. The molecule has 2 aliphatic heterocycles. The Morgan fingerprint density at radius 2 is 2.07 bits per heavy atom. The van der Waals surface area contributed by atoms with Gasteiger partial charge >= 0.3 is 6.09 Å². The topological polar surface area (TPSA) is 94.5 Å². The molecule has 0 spiro atoms. The monoisotopic (exact) mass is 381 g/mol. The van der Waals surface area contributed by atoms with Crippen molar-refractivity contribution in [1.29, 1.82) is 0 Å². The molecule has 2 aliphatic rings. The average Bonchev–Trinajstić information content (AvgIpc) is 3.00. The second-order valence-corrected chi connectivity index (χ2v) is 6.00. The fourth-order valence-corrected chi connectivity index (χ4v) is 2.78. The van der Waals surface area contributed by atoms with Crippen molar-refractivity contribution in [3.63, 3.8) is 0 Å². The van der Waals surface area contributed by atoms with E-state index in [0.717, 1.165) is 28.4 Å². The van der Waals surface area contributed by atoms with Gasteiger partial charge < -0.3 is 15.0 Å². The molecule has 1 atom stereocenters. The molecule has 1 saturated heterocycles. The molecule has 0 bridgehead atoms. The van der Waals surface area contributed by atoms with E-state index in [0.29, 0.717) is 6.41 Å². The summed E-state index contributed by atoms with van der Waals surface area (Å²) in [6.07, 6.45) is 0.306. The number of nitrogens with zero attached hydrogens (tertiary/aromatic N) is 4. The number of hydrogen-bond acceptors (Lipinski definition) is 6. The highest BCUT2D eigenvalue weighted by molar-refractivity contribution is 5.91. The number of rotatable bonds is 5. The number of amides is 3. The molecular weight excluding hydrogens is 364 g/mol. The molecule has 27 heavy (non-hydrogen) atoms. The minimum atomic E-state index is -0.880. The summed E-state index contributed by atoms with van der Waals surface area (Å²) < 4.78 is 34.2. The molecule has 3 rings (SSSR count). The fraction of sp³-hybridized carbons (Fsp3) is 0.375. The molecule has 9 nitrogen and oxygen atoms in total. The van der Waals surface area contributed by atoms with Crippen LogP contribution in [0.1, 0.15) is 6.92 Å². The number of carbonyl (C=O) groups is 3. The van der Waals surface area contributed by atoms with Crippen LogP contribution in [0.25, 0.3) is 0 Å². The number of benzene rings is 1. The summed E-state index contributed by atoms with van der Waals surface area (Å²) >= 11 is 0. The number of halogens is 2. The van der Waals surface area contributed by atoms with E-state index in [1.165, 1.54) is 11.8 Å². The van der Waals surface area contributed by atoms with Crippen LogP contribution in [0.5, 0.6) is 0 Å². The standard InChI is InChI=1S/C16H17F2N5O4/c1-10(25)19-6-12-7-23(16(26)27-12)11-4-13(17)15(14(18)5-11)21-2-3-22(9-24)20-8-21/h4-5,8-9,12H,2-3,6-7H2,1H3,(H,19,25)/t12-/m0/s1. The molecule has 144 valence electrons. The summed E-state index contributed by atoms with van der Waals surface area (Å²) in [7, 11) is 0. The largest absolute Gasteiger partial charge is 0.442 e. The fourth-order valence-electron chi connectivity index (χ4n) is 2.78. The molecule has 1 N–H and O–H groups in total. The number of anilines is 2. The molecular formula is C16H17F2N5O4. The number of hydrogen-bond donors (Lipinski definition) is 1. The molecule has 1 aromatic carbocycles. The van der Waals surface area contributed by atoms with Gasteiger partial charge in [-0.3, -0.25) is 14.5 Å². The summed E-state index contributed by atoms with van der Waals surface area (Å²) in [5.41, 5.74) is -0.317. The molecule has 0 unspecified atom stereocenters. The van der Waals surface area contributed by atoms with Crippen LogP contribution < -0.4 is 15.1 Å². The molecule has 2 heterocycles. The van der Waals surface area contributed by atoms with Gasteiger partial charge in [0, 0.05) is 25.6 Å². The second-order valence-electron chi connectivity index (χ2n) is 6.00. The Balaban J connectivity index is 1.78. The van der Waals surface area contributed by atoms with Crippen molar-refractivity contribution in [1.82, 2.24) is 10.3 Å². The highest BCUT2D eigenvalue weighted by Crippen LogP contribution is 2.31. The minimum Gasteiger partial charge on any atom is -0.442 e. The van der Waals surface area contributed by atoms with E-state index in [4.69, 9.17) is 4.74 Å². The maximum atomic E-state index is 14.5. The Morgan fingerprint density at radius 3 is 2.63 bits per heavy atom. The lowest BCUT2D eigenvalue weighted by atomic mass is 10.2. The second kappa shape index (κ2) is 7.56. The summed E-state index contributed by atoms with van der Waals surface area (Å²) in [5, 5.41) is 7.39. The maximum absolute atomic E-state index is 14.5. The first-order chi connectivity index (χ1) is 12.9. The third kappa shape index (κ3) is 3.96. The van der Waals surface area contributed by atoms with Gasteiger partial charge in [0.2, 0.25) is 12.3 Å². The molecule has 1 aromatic rings. The van der Waals surface area contributed by atoms with Crippen LogP contribution in [0.2, 0.25) is 0 Å². The van der Waals surface area contributed by atoms with Gasteiger partial charge in [0.05, 0.1) is 25.3 Å². The Hall–Kier alpha value is -3.24. The summed E-state index contributed by atoms with van der Waals surface area (Å²) in [6, 6.07) is 2.06. The predicted octanol–water partition coefficient (Wildman–Crippen LogP) is 0.648. The van der Waals surface area contributed by atoms with Crippen molar-refractivity contribution < 1.29 is 27.9 Å². The van der Waals surface area contributed by atoms with Crippen molar-refractivity contribution in [2.24, 2.45) is 5.10 Å². The molecule has 0 aliphatic carbocycles. The van der Waals surface area contributed by atoms with Crippen molar-refractivity contribution in [3.05, 3.63) is 23.8 Å². The van der Waals surface area contributed by atoms with E-state index in [1.807, 2.05) is 0 Å². The van der Waals surface area contributed by atoms with E-state index >= 15 is 0 Å². The van der Waals surface area contributed by atoms with Crippen LogP contribution in [-0.2, 0) is 14.3 Å². The average molecular weight is 381 g/mol. The lowest BCUT2D eigenvalue weighted by molar-refractivity contribution is -0.119. The third-order valence-electron chi connectivity index (χ3n) is 4.08. The van der Waals surface area contributed by atoms with Gasteiger partial charge in [0.15, 0.2) is 11.6 Å². The number of carbonyl (C=O) groups excluding carboxylic acids is 3. The quantitative estimate of drug-likeness (QED) is 0.756. The summed E-state index contributed by atoms with van der Waals surface area (Å²) in [5.74, 6) is -2.04. The lowest BCUT2D eigenvalue weighted by Crippen LogP contribution is -2.38. The lowest BCUT2D eigenvalue weighted by Gasteiger charge is -2.27. The van der Waals surface area contributed by atoms with Crippen LogP contribution in [-0.4, -0.2) is 62.0 Å². The first-order valence-electron chi connectivity index (χ1n) is 8.13. The Labute approximate surface area is 153 Å². The maximum Gasteiger partial charge on any atom is 0.414 e.